The zero-order chi connectivity index (χ0) is 29.9. The van der Waals surface area contributed by atoms with Gasteiger partial charge in [0, 0.05) is 33.9 Å². The fourth-order valence-electron chi connectivity index (χ4n) is 4.24. The molecule has 3 N–H and O–H groups in total. The van der Waals surface area contributed by atoms with Crippen molar-refractivity contribution < 1.29 is 27.5 Å². The molecular formula is C30H22F4N6O2. The third kappa shape index (κ3) is 6.28. The molecule has 0 atom stereocenters. The number of carbonyl (C=O) groups is 1. The Balaban J connectivity index is 0.000000451. The number of hydrogen-bond donors (Lipinski definition) is 3. The van der Waals surface area contributed by atoms with Crippen molar-refractivity contribution in [3.05, 3.63) is 109 Å². The molecular weight excluding hydrogens is 552 g/mol. The molecule has 12 heteroatoms. The van der Waals surface area contributed by atoms with E-state index in [1.807, 2.05) is 73.7 Å². The maximum absolute atomic E-state index is 13.6. The molecule has 6 aromatic rings. The third-order valence-electron chi connectivity index (χ3n) is 6.14. The van der Waals surface area contributed by atoms with Gasteiger partial charge in [-0.3, -0.25) is 0 Å². The molecule has 0 spiro atoms. The van der Waals surface area contributed by atoms with E-state index >= 15 is 0 Å². The molecule has 0 aliphatic rings. The molecule has 0 bridgehead atoms. The van der Waals surface area contributed by atoms with E-state index in [1.54, 1.807) is 17.2 Å². The molecule has 8 nitrogen and oxygen atoms in total. The summed E-state index contributed by atoms with van der Waals surface area (Å²) in [5, 5.41) is 15.9. The van der Waals surface area contributed by atoms with E-state index in [9.17, 15) is 17.6 Å². The highest BCUT2D eigenvalue weighted by molar-refractivity contribution is 6.03. The van der Waals surface area contributed by atoms with E-state index < -0.39 is 12.1 Å². The number of halogens is 4. The summed E-state index contributed by atoms with van der Waals surface area (Å²) in [6, 6.07) is 26.6. The fraction of sp³-hybridized carbons (Fsp3) is 0.0667. The molecule has 42 heavy (non-hydrogen) atoms. The second-order valence-electron chi connectivity index (χ2n) is 9.07. The number of para-hydroxylation sites is 1. The van der Waals surface area contributed by atoms with E-state index in [0.717, 1.165) is 56.3 Å². The number of benzene rings is 3. The Kier molecular flexibility index (Phi) is 7.69. The van der Waals surface area contributed by atoms with Gasteiger partial charge in [-0.05, 0) is 67.1 Å². The van der Waals surface area contributed by atoms with Crippen molar-refractivity contribution >= 4 is 28.4 Å². The topological polar surface area (TPSA) is 109 Å². The third-order valence-corrected chi connectivity index (χ3v) is 6.14. The Bertz CT molecular complexity index is 1850. The standard InChI is InChI=1S/C28H21FN6.C2HF3O2/c1-18-31-17-35(34-18)23-12-10-22(11-13-23)32-26-16-20(14-15-30-26)28-27(19-6-8-21(29)9-7-19)24-4-2-3-5-25(24)33-28;3-2(4,5)1(6)7/h2-17,33H,1H3,(H,30,32);(H,6,7). The molecule has 3 aromatic carbocycles. The van der Waals surface area contributed by atoms with E-state index in [1.165, 1.54) is 12.1 Å². The number of hydrogen-bond acceptors (Lipinski definition) is 5. The number of fused-ring (bicyclic) bond motifs is 1. The quantitative estimate of drug-likeness (QED) is 0.187. The molecule has 0 amide bonds. The van der Waals surface area contributed by atoms with Crippen molar-refractivity contribution in [1.82, 2.24) is 24.7 Å². The number of aryl methyl sites for hydroxylation is 1. The Morgan fingerprint density at radius 2 is 1.62 bits per heavy atom. The van der Waals surface area contributed by atoms with Gasteiger partial charge in [-0.25, -0.2) is 23.8 Å². The minimum atomic E-state index is -5.08. The summed E-state index contributed by atoms with van der Waals surface area (Å²) in [7, 11) is 0. The van der Waals surface area contributed by atoms with Crippen LogP contribution in [-0.2, 0) is 4.79 Å². The van der Waals surface area contributed by atoms with Crippen molar-refractivity contribution in [3.8, 4) is 28.1 Å². The van der Waals surface area contributed by atoms with Crippen LogP contribution in [0.5, 0.6) is 0 Å². The van der Waals surface area contributed by atoms with Crippen LogP contribution in [0.15, 0.2) is 97.5 Å². The van der Waals surface area contributed by atoms with Gasteiger partial charge in [0.15, 0.2) is 0 Å². The van der Waals surface area contributed by atoms with Crippen LogP contribution in [0.1, 0.15) is 5.82 Å². The van der Waals surface area contributed by atoms with Crippen LogP contribution in [-0.4, -0.2) is 42.0 Å². The van der Waals surface area contributed by atoms with Crippen LogP contribution in [0.3, 0.4) is 0 Å². The molecule has 0 aliphatic heterocycles. The van der Waals surface area contributed by atoms with Gasteiger partial charge in [0.25, 0.3) is 0 Å². The number of H-pyrrole nitrogens is 1. The van der Waals surface area contributed by atoms with Gasteiger partial charge in [-0.15, -0.1) is 0 Å². The number of aromatic amines is 1. The number of nitrogens with one attached hydrogen (secondary N) is 2. The maximum Gasteiger partial charge on any atom is 0.490 e. The summed E-state index contributed by atoms with van der Waals surface area (Å²) in [6.45, 7) is 1.86. The molecule has 0 radical (unpaired) electrons. The van der Waals surface area contributed by atoms with Gasteiger partial charge in [0.1, 0.15) is 23.8 Å². The first-order valence-electron chi connectivity index (χ1n) is 12.5. The number of carboxylic acids is 1. The summed E-state index contributed by atoms with van der Waals surface area (Å²) in [6.07, 6.45) is -1.61. The summed E-state index contributed by atoms with van der Waals surface area (Å²) in [4.78, 5) is 21.1. The van der Waals surface area contributed by atoms with E-state index in [0.29, 0.717) is 0 Å². The number of alkyl halides is 3. The van der Waals surface area contributed by atoms with Gasteiger partial charge >= 0.3 is 12.1 Å². The van der Waals surface area contributed by atoms with Crippen LogP contribution in [0.4, 0.5) is 29.1 Å². The van der Waals surface area contributed by atoms with Crippen molar-refractivity contribution in [2.24, 2.45) is 0 Å². The van der Waals surface area contributed by atoms with E-state index in [4.69, 9.17) is 9.90 Å². The summed E-state index contributed by atoms with van der Waals surface area (Å²) in [5.41, 5.74) is 6.78. The summed E-state index contributed by atoms with van der Waals surface area (Å²) >= 11 is 0. The molecule has 0 unspecified atom stereocenters. The number of anilines is 2. The van der Waals surface area contributed by atoms with Crippen LogP contribution in [0.2, 0.25) is 0 Å². The van der Waals surface area contributed by atoms with Gasteiger partial charge in [-0.1, -0.05) is 30.3 Å². The van der Waals surface area contributed by atoms with Crippen molar-refractivity contribution in [3.63, 3.8) is 0 Å². The maximum atomic E-state index is 13.6. The number of pyridine rings is 1. The lowest BCUT2D eigenvalue weighted by atomic mass is 9.99. The molecule has 0 aliphatic carbocycles. The highest BCUT2D eigenvalue weighted by atomic mass is 19.4. The highest BCUT2D eigenvalue weighted by Gasteiger charge is 2.38. The smallest absolute Gasteiger partial charge is 0.475 e. The highest BCUT2D eigenvalue weighted by Crippen LogP contribution is 2.38. The first-order chi connectivity index (χ1) is 20.1. The number of nitrogens with zero attached hydrogens (tertiary/aromatic N) is 4. The van der Waals surface area contributed by atoms with Crippen LogP contribution >= 0.6 is 0 Å². The number of aliphatic carboxylic acids is 1. The van der Waals surface area contributed by atoms with E-state index in [-0.39, 0.29) is 5.82 Å². The zero-order valence-electron chi connectivity index (χ0n) is 21.9. The molecule has 0 saturated carbocycles. The largest absolute Gasteiger partial charge is 0.490 e. The van der Waals surface area contributed by atoms with Gasteiger partial charge < -0.3 is 15.4 Å². The predicted molar refractivity (Wildman–Crippen MR) is 150 cm³/mol. The lowest BCUT2D eigenvalue weighted by Crippen LogP contribution is -2.21. The van der Waals surface area contributed by atoms with E-state index in [2.05, 4.69) is 31.4 Å². The normalized spacial score (nSPS) is 11.2. The molecule has 0 saturated heterocycles. The van der Waals surface area contributed by atoms with Gasteiger partial charge in [0.2, 0.25) is 0 Å². The summed E-state index contributed by atoms with van der Waals surface area (Å²) < 4.78 is 47.1. The minimum Gasteiger partial charge on any atom is -0.475 e. The molecule has 6 rings (SSSR count). The Morgan fingerprint density at radius 1 is 0.929 bits per heavy atom. The van der Waals surface area contributed by atoms with Crippen molar-refractivity contribution in [1.29, 1.82) is 0 Å². The van der Waals surface area contributed by atoms with Gasteiger partial charge in [0.05, 0.1) is 11.4 Å². The number of carboxylic acid groups (broad SMARTS) is 1. The first kappa shape index (κ1) is 28.0. The lowest BCUT2D eigenvalue weighted by molar-refractivity contribution is -0.192. The second kappa shape index (κ2) is 11.5. The number of rotatable bonds is 5. The second-order valence-corrected chi connectivity index (χ2v) is 9.07. The van der Waals surface area contributed by atoms with Gasteiger partial charge in [-0.2, -0.15) is 18.3 Å². The summed E-state index contributed by atoms with van der Waals surface area (Å²) in [5.74, 6) is -1.57. The average Bonchev–Trinajstić information content (AvgIpc) is 3.58. The van der Waals surface area contributed by atoms with Crippen LogP contribution in [0, 0.1) is 12.7 Å². The predicted octanol–water partition coefficient (Wildman–Crippen LogP) is 7.30. The average molecular weight is 575 g/mol. The minimum absolute atomic E-state index is 0.254. The Labute approximate surface area is 236 Å². The molecule has 212 valence electrons. The SMILES string of the molecule is Cc1ncn(-c2ccc(Nc3cc(-c4[nH]c5ccccc5c4-c4ccc(F)cc4)ccn3)cc2)n1.O=C(O)C(F)(F)F. The van der Waals surface area contributed by atoms with Crippen molar-refractivity contribution in [2.75, 3.05) is 5.32 Å². The Morgan fingerprint density at radius 3 is 2.26 bits per heavy atom. The molecule has 3 heterocycles. The zero-order valence-corrected chi connectivity index (χ0v) is 21.9. The first-order valence-corrected chi connectivity index (χ1v) is 12.5. The van der Waals surface area contributed by atoms with Crippen LogP contribution < -0.4 is 5.32 Å². The monoisotopic (exact) mass is 574 g/mol. The molecule has 0 fully saturated rings. The lowest BCUT2D eigenvalue weighted by Gasteiger charge is -2.10. The van der Waals surface area contributed by atoms with Crippen LogP contribution in [0.25, 0.3) is 39.0 Å². The van der Waals surface area contributed by atoms with Crippen molar-refractivity contribution in [2.45, 2.75) is 13.1 Å². The Hall–Kier alpha value is -5.52. The number of aromatic nitrogens is 5. The molecule has 3 aromatic heterocycles. The fourth-order valence-corrected chi connectivity index (χ4v) is 4.24.